The van der Waals surface area contributed by atoms with E-state index in [1.165, 1.54) is 11.1 Å². The lowest BCUT2D eigenvalue weighted by molar-refractivity contribution is -0.0494. The van der Waals surface area contributed by atoms with Gasteiger partial charge < -0.3 is 19.7 Å². The van der Waals surface area contributed by atoms with E-state index < -0.39 is 0 Å². The fraction of sp³-hybridized carbons (Fsp3) is 0.588. The van der Waals surface area contributed by atoms with Gasteiger partial charge in [-0.2, -0.15) is 0 Å². The number of morpholine rings is 1. The molecule has 1 heterocycles. The second-order valence-electron chi connectivity index (χ2n) is 5.90. The molecule has 0 aliphatic carbocycles. The molecule has 2 rings (SSSR count). The highest BCUT2D eigenvalue weighted by molar-refractivity contribution is 5.74. The van der Waals surface area contributed by atoms with Crippen molar-refractivity contribution in [2.75, 3.05) is 40.0 Å². The van der Waals surface area contributed by atoms with Gasteiger partial charge in [0.2, 0.25) is 0 Å². The quantitative estimate of drug-likeness (QED) is 0.907. The minimum atomic E-state index is -0.0290. The van der Waals surface area contributed by atoms with Crippen LogP contribution < -0.4 is 5.32 Å². The molecule has 0 aromatic heterocycles. The second-order valence-corrected chi connectivity index (χ2v) is 5.90. The van der Waals surface area contributed by atoms with Crippen molar-refractivity contribution in [3.63, 3.8) is 0 Å². The maximum absolute atomic E-state index is 12.3. The molecule has 5 heteroatoms. The summed E-state index contributed by atoms with van der Waals surface area (Å²) >= 11 is 0. The molecule has 1 saturated heterocycles. The van der Waals surface area contributed by atoms with Crippen LogP contribution in [0.25, 0.3) is 0 Å². The number of hydrogen-bond acceptors (Lipinski definition) is 3. The second kappa shape index (κ2) is 8.15. The Morgan fingerprint density at radius 2 is 2.36 bits per heavy atom. The number of nitrogens with zero attached hydrogens (tertiary/aromatic N) is 1. The highest BCUT2D eigenvalue weighted by Gasteiger charge is 2.24. The number of nitrogens with one attached hydrogen (secondary N) is 1. The summed E-state index contributed by atoms with van der Waals surface area (Å²) in [4.78, 5) is 14.1. The Bertz CT molecular complexity index is 491. The zero-order valence-electron chi connectivity index (χ0n) is 13.7. The minimum absolute atomic E-state index is 0.0242. The molecule has 1 aliphatic rings. The average Bonchev–Trinajstić information content (AvgIpc) is 2.53. The number of ether oxygens (including phenoxy) is 2. The van der Waals surface area contributed by atoms with Crippen molar-refractivity contribution in [2.24, 2.45) is 0 Å². The summed E-state index contributed by atoms with van der Waals surface area (Å²) in [6, 6.07) is 8.38. The zero-order valence-corrected chi connectivity index (χ0v) is 13.7. The van der Waals surface area contributed by atoms with Gasteiger partial charge >= 0.3 is 6.03 Å². The molecule has 1 N–H and O–H groups in total. The lowest BCUT2D eigenvalue weighted by Crippen LogP contribution is -2.51. The highest BCUT2D eigenvalue weighted by atomic mass is 16.5. The first kappa shape index (κ1) is 16.8. The summed E-state index contributed by atoms with van der Waals surface area (Å²) in [7, 11) is 1.64. The van der Waals surface area contributed by atoms with E-state index in [2.05, 4.69) is 43.4 Å². The van der Waals surface area contributed by atoms with Crippen molar-refractivity contribution in [3.8, 4) is 0 Å². The number of carbonyl (C=O) groups is 1. The molecule has 0 unspecified atom stereocenters. The summed E-state index contributed by atoms with van der Waals surface area (Å²) in [5.74, 6) is 0.291. The number of rotatable bonds is 5. The van der Waals surface area contributed by atoms with Crippen LogP contribution in [0.1, 0.15) is 24.0 Å². The Labute approximate surface area is 132 Å². The number of aryl methyl sites for hydroxylation is 1. The Morgan fingerprint density at radius 3 is 3.09 bits per heavy atom. The van der Waals surface area contributed by atoms with Crippen LogP contribution in [0.4, 0.5) is 4.79 Å². The third-order valence-corrected chi connectivity index (χ3v) is 3.95. The summed E-state index contributed by atoms with van der Waals surface area (Å²) in [5, 5.41) is 3.02. The predicted octanol–water partition coefficient (Wildman–Crippen LogP) is 2.16. The van der Waals surface area contributed by atoms with Gasteiger partial charge in [0.15, 0.2) is 0 Å². The normalized spacial score (nSPS) is 19.8. The highest BCUT2D eigenvalue weighted by Crippen LogP contribution is 2.15. The molecule has 1 aromatic carbocycles. The number of amides is 2. The van der Waals surface area contributed by atoms with Crippen LogP contribution in [0.3, 0.4) is 0 Å². The van der Waals surface area contributed by atoms with Crippen LogP contribution in [-0.2, 0) is 9.47 Å². The van der Waals surface area contributed by atoms with E-state index >= 15 is 0 Å². The molecule has 2 atom stereocenters. The van der Waals surface area contributed by atoms with Crippen LogP contribution in [0.2, 0.25) is 0 Å². The van der Waals surface area contributed by atoms with Crippen molar-refractivity contribution < 1.29 is 14.3 Å². The predicted molar refractivity (Wildman–Crippen MR) is 86.2 cm³/mol. The first-order valence-corrected chi connectivity index (χ1v) is 7.80. The third kappa shape index (κ3) is 4.71. The fourth-order valence-corrected chi connectivity index (χ4v) is 2.64. The number of carbonyl (C=O) groups excluding carboxylic acids is 1. The molecule has 1 aliphatic heterocycles. The van der Waals surface area contributed by atoms with E-state index in [1.54, 1.807) is 12.0 Å². The van der Waals surface area contributed by atoms with Gasteiger partial charge in [0.25, 0.3) is 0 Å². The van der Waals surface area contributed by atoms with Crippen LogP contribution in [0.15, 0.2) is 24.3 Å². The van der Waals surface area contributed by atoms with E-state index in [0.29, 0.717) is 38.8 Å². The van der Waals surface area contributed by atoms with E-state index in [1.807, 2.05) is 0 Å². The van der Waals surface area contributed by atoms with Gasteiger partial charge in [-0.15, -0.1) is 0 Å². The van der Waals surface area contributed by atoms with Crippen LogP contribution in [0, 0.1) is 6.92 Å². The first-order chi connectivity index (χ1) is 10.6. The molecular formula is C17H26N2O3. The van der Waals surface area contributed by atoms with Crippen molar-refractivity contribution >= 4 is 6.03 Å². The minimum Gasteiger partial charge on any atom is -0.382 e. The molecule has 0 bridgehead atoms. The van der Waals surface area contributed by atoms with Crippen molar-refractivity contribution in [3.05, 3.63) is 35.4 Å². The summed E-state index contributed by atoms with van der Waals surface area (Å²) < 4.78 is 10.7. The van der Waals surface area contributed by atoms with Gasteiger partial charge in [0.05, 0.1) is 25.9 Å². The molecule has 1 fully saturated rings. The summed E-state index contributed by atoms with van der Waals surface area (Å²) in [5.41, 5.74) is 2.49. The Balaban J connectivity index is 1.81. The molecule has 122 valence electrons. The van der Waals surface area contributed by atoms with Crippen molar-refractivity contribution in [2.45, 2.75) is 25.9 Å². The number of methoxy groups -OCH3 is 1. The summed E-state index contributed by atoms with van der Waals surface area (Å²) in [6.07, 6.45) is -0.0290. The van der Waals surface area contributed by atoms with E-state index in [-0.39, 0.29) is 12.1 Å². The average molecular weight is 306 g/mol. The molecule has 0 spiro atoms. The van der Waals surface area contributed by atoms with E-state index in [0.717, 1.165) is 0 Å². The number of hydrogen-bond donors (Lipinski definition) is 1. The number of benzene rings is 1. The molecule has 5 nitrogen and oxygen atoms in total. The standard InChI is InChI=1S/C17H26N2O3/c1-13-5-4-6-15(9-13)14(2)10-18-17(20)19-7-8-22-16(11-19)12-21-3/h4-6,9,14,16H,7-8,10-12H2,1-3H3,(H,18,20)/t14-,16+/m1/s1. The topological polar surface area (TPSA) is 50.8 Å². The maximum Gasteiger partial charge on any atom is 0.317 e. The van der Waals surface area contributed by atoms with Gasteiger partial charge in [0.1, 0.15) is 0 Å². The zero-order chi connectivity index (χ0) is 15.9. The smallest absolute Gasteiger partial charge is 0.317 e. The van der Waals surface area contributed by atoms with Crippen molar-refractivity contribution in [1.82, 2.24) is 10.2 Å². The molecule has 22 heavy (non-hydrogen) atoms. The van der Waals surface area contributed by atoms with Gasteiger partial charge in [-0.1, -0.05) is 36.8 Å². The van der Waals surface area contributed by atoms with Crippen LogP contribution in [-0.4, -0.2) is 57.0 Å². The Kier molecular flexibility index (Phi) is 6.21. The Morgan fingerprint density at radius 1 is 1.55 bits per heavy atom. The van der Waals surface area contributed by atoms with E-state index in [4.69, 9.17) is 9.47 Å². The molecule has 2 amide bonds. The molecular weight excluding hydrogens is 280 g/mol. The van der Waals surface area contributed by atoms with Gasteiger partial charge in [-0.25, -0.2) is 4.79 Å². The van der Waals surface area contributed by atoms with Gasteiger partial charge in [0, 0.05) is 20.2 Å². The van der Waals surface area contributed by atoms with Gasteiger partial charge in [-0.05, 0) is 18.4 Å². The third-order valence-electron chi connectivity index (χ3n) is 3.95. The largest absolute Gasteiger partial charge is 0.382 e. The molecule has 0 saturated carbocycles. The monoisotopic (exact) mass is 306 g/mol. The molecule has 0 radical (unpaired) electrons. The van der Waals surface area contributed by atoms with Crippen molar-refractivity contribution in [1.29, 1.82) is 0 Å². The SMILES string of the molecule is COC[C@@H]1CN(C(=O)NC[C@@H](C)c2cccc(C)c2)CCO1. The van der Waals surface area contributed by atoms with Crippen LogP contribution in [0.5, 0.6) is 0 Å². The first-order valence-electron chi connectivity index (χ1n) is 7.80. The lowest BCUT2D eigenvalue weighted by Gasteiger charge is -2.32. The van der Waals surface area contributed by atoms with Gasteiger partial charge in [-0.3, -0.25) is 0 Å². The maximum atomic E-state index is 12.3. The van der Waals surface area contributed by atoms with E-state index in [9.17, 15) is 4.79 Å². The fourth-order valence-electron chi connectivity index (χ4n) is 2.64. The van der Waals surface area contributed by atoms with Crippen LogP contribution >= 0.6 is 0 Å². The molecule has 1 aromatic rings. The summed E-state index contributed by atoms with van der Waals surface area (Å²) in [6.45, 7) is 7.14. The Hall–Kier alpha value is -1.59. The lowest BCUT2D eigenvalue weighted by atomic mass is 9.99. The number of urea groups is 1.